The summed E-state index contributed by atoms with van der Waals surface area (Å²) in [6, 6.07) is 5.89. The molecule has 0 fully saturated rings. The van der Waals surface area contributed by atoms with Crippen molar-refractivity contribution in [3.63, 3.8) is 0 Å². The first-order valence-electron chi connectivity index (χ1n) is 9.46. The van der Waals surface area contributed by atoms with E-state index in [1.807, 2.05) is 0 Å². The molecule has 0 atom stereocenters. The van der Waals surface area contributed by atoms with E-state index in [0.29, 0.717) is 0 Å². The summed E-state index contributed by atoms with van der Waals surface area (Å²) in [6.07, 6.45) is 0. The van der Waals surface area contributed by atoms with Gasteiger partial charge in [-0.05, 0) is 26.0 Å². The normalized spacial score (nSPS) is 14.0. The third-order valence-electron chi connectivity index (χ3n) is 4.53. The fourth-order valence-electron chi connectivity index (χ4n) is 3.17. The molecule has 1 aliphatic rings. The molecular weight excluding hydrogens is 462 g/mol. The molecule has 178 valence electrons. The molecule has 0 saturated carbocycles. The summed E-state index contributed by atoms with van der Waals surface area (Å²) in [7, 11) is 2.21. The number of hydrogen-bond donors (Lipinski definition) is 2. The molecule has 0 bridgehead atoms. The molecule has 0 unspecified atom stereocenters. The molecule has 0 aliphatic carbocycles. The number of thioether (sulfide) groups is 1. The van der Waals surface area contributed by atoms with Gasteiger partial charge in [0.25, 0.3) is 11.7 Å². The summed E-state index contributed by atoms with van der Waals surface area (Å²) in [4.78, 5) is 50.0. The van der Waals surface area contributed by atoms with E-state index in [-0.39, 0.29) is 44.9 Å². The van der Waals surface area contributed by atoms with Crippen molar-refractivity contribution in [2.24, 2.45) is 5.92 Å². The Morgan fingerprint density at radius 3 is 2.09 bits per heavy atom. The summed E-state index contributed by atoms with van der Waals surface area (Å²) in [5, 5.41) is 5.21. The summed E-state index contributed by atoms with van der Waals surface area (Å²) < 4.78 is 39.9. The SMILES string of the molecule is COC(=O)C1=C(C)NC(C)=C(C(=O)OC)C1C(=O)OCC(=O)Nc1ccccc1SC(F)F. The lowest BCUT2D eigenvalue weighted by Gasteiger charge is -2.28. The van der Waals surface area contributed by atoms with E-state index in [2.05, 4.69) is 10.6 Å². The number of rotatable bonds is 8. The van der Waals surface area contributed by atoms with Crippen LogP contribution in [0.1, 0.15) is 13.8 Å². The molecule has 33 heavy (non-hydrogen) atoms. The Bertz CT molecular complexity index is 986. The van der Waals surface area contributed by atoms with Gasteiger partial charge in [0.15, 0.2) is 6.61 Å². The number of ether oxygens (including phenoxy) is 3. The van der Waals surface area contributed by atoms with Crippen LogP contribution in [0.2, 0.25) is 0 Å². The average Bonchev–Trinajstić information content (AvgIpc) is 2.77. The number of esters is 3. The third-order valence-corrected chi connectivity index (χ3v) is 5.32. The molecule has 0 saturated heterocycles. The third kappa shape index (κ3) is 6.31. The van der Waals surface area contributed by atoms with Crippen LogP contribution in [0.15, 0.2) is 51.7 Å². The van der Waals surface area contributed by atoms with Crippen molar-refractivity contribution in [2.75, 3.05) is 26.1 Å². The number of allylic oxidation sites excluding steroid dienone is 2. The Hall–Kier alpha value is -3.41. The van der Waals surface area contributed by atoms with Crippen LogP contribution in [0.5, 0.6) is 0 Å². The Kier molecular flexibility index (Phi) is 8.97. The number of dihydropyridines is 1. The van der Waals surface area contributed by atoms with Gasteiger partial charge in [0.05, 0.1) is 31.1 Å². The maximum atomic E-state index is 12.9. The van der Waals surface area contributed by atoms with Crippen LogP contribution in [0, 0.1) is 5.92 Å². The molecule has 1 amide bonds. The van der Waals surface area contributed by atoms with Gasteiger partial charge in [-0.15, -0.1) is 0 Å². The van der Waals surface area contributed by atoms with Crippen molar-refractivity contribution < 1.29 is 42.2 Å². The van der Waals surface area contributed by atoms with E-state index in [1.54, 1.807) is 6.07 Å². The largest absolute Gasteiger partial charge is 0.466 e. The van der Waals surface area contributed by atoms with Crippen LogP contribution < -0.4 is 10.6 Å². The van der Waals surface area contributed by atoms with Crippen molar-refractivity contribution in [3.05, 3.63) is 46.8 Å². The second-order valence-electron chi connectivity index (χ2n) is 6.65. The number of carbonyl (C=O) groups excluding carboxylic acids is 4. The lowest BCUT2D eigenvalue weighted by atomic mass is 9.85. The Labute approximate surface area is 192 Å². The fraction of sp³-hybridized carbons (Fsp3) is 0.333. The molecule has 9 nitrogen and oxygen atoms in total. The van der Waals surface area contributed by atoms with Crippen LogP contribution in [-0.4, -0.2) is 50.4 Å². The minimum Gasteiger partial charge on any atom is -0.466 e. The lowest BCUT2D eigenvalue weighted by Crippen LogP contribution is -2.38. The molecule has 1 aromatic rings. The predicted molar refractivity (Wildman–Crippen MR) is 114 cm³/mol. The van der Waals surface area contributed by atoms with E-state index in [4.69, 9.17) is 14.2 Å². The van der Waals surface area contributed by atoms with Gasteiger partial charge in [-0.1, -0.05) is 23.9 Å². The highest BCUT2D eigenvalue weighted by atomic mass is 32.2. The number of benzene rings is 1. The van der Waals surface area contributed by atoms with Crippen molar-refractivity contribution in [1.29, 1.82) is 0 Å². The maximum Gasteiger partial charge on any atom is 0.336 e. The molecule has 0 radical (unpaired) electrons. The second kappa shape index (κ2) is 11.5. The summed E-state index contributed by atoms with van der Waals surface area (Å²) in [5.41, 5.74) is 0.288. The van der Waals surface area contributed by atoms with Crippen LogP contribution in [0.25, 0.3) is 0 Å². The van der Waals surface area contributed by atoms with Gasteiger partial charge in [0.1, 0.15) is 5.92 Å². The molecular formula is C21H22F2N2O7S. The van der Waals surface area contributed by atoms with Crippen molar-refractivity contribution in [1.82, 2.24) is 5.32 Å². The molecule has 0 spiro atoms. The number of halogens is 2. The highest BCUT2D eigenvalue weighted by molar-refractivity contribution is 7.99. The Balaban J connectivity index is 2.22. The molecule has 2 N–H and O–H groups in total. The standard InChI is InChI=1S/C21H22F2N2O7S/c1-10-15(18(27)30-3)17(16(11(2)24-10)19(28)31-4)20(29)32-9-14(26)25-12-7-5-6-8-13(12)33-21(22)23/h5-8,17,21,24H,9H2,1-4H3,(H,25,26). The first-order valence-corrected chi connectivity index (χ1v) is 10.3. The van der Waals surface area contributed by atoms with Gasteiger partial charge in [-0.2, -0.15) is 8.78 Å². The smallest absolute Gasteiger partial charge is 0.336 e. The van der Waals surface area contributed by atoms with E-state index in [9.17, 15) is 28.0 Å². The van der Waals surface area contributed by atoms with Crippen LogP contribution in [0.4, 0.5) is 14.5 Å². The molecule has 2 rings (SSSR count). The zero-order valence-corrected chi connectivity index (χ0v) is 19.0. The first-order chi connectivity index (χ1) is 15.6. The van der Waals surface area contributed by atoms with Gasteiger partial charge < -0.3 is 24.8 Å². The summed E-state index contributed by atoms with van der Waals surface area (Å²) >= 11 is 0.249. The molecule has 1 aromatic carbocycles. The molecule has 1 aliphatic heterocycles. The highest BCUT2D eigenvalue weighted by Gasteiger charge is 2.42. The number of carbonyl (C=O) groups is 4. The molecule has 1 heterocycles. The number of hydrogen-bond acceptors (Lipinski definition) is 9. The van der Waals surface area contributed by atoms with Crippen molar-refractivity contribution >= 4 is 41.3 Å². The average molecular weight is 484 g/mol. The quantitative estimate of drug-likeness (QED) is 0.326. The summed E-state index contributed by atoms with van der Waals surface area (Å²) in [5.74, 6) is -7.82. The van der Waals surface area contributed by atoms with Gasteiger partial charge in [-0.25, -0.2) is 9.59 Å². The van der Waals surface area contributed by atoms with Gasteiger partial charge >= 0.3 is 17.9 Å². The zero-order chi connectivity index (χ0) is 24.7. The number of alkyl halides is 2. The minimum atomic E-state index is -2.70. The molecule has 12 heteroatoms. The van der Waals surface area contributed by atoms with Crippen molar-refractivity contribution in [3.8, 4) is 0 Å². The zero-order valence-electron chi connectivity index (χ0n) is 18.2. The Morgan fingerprint density at radius 1 is 1.03 bits per heavy atom. The number of para-hydroxylation sites is 1. The maximum absolute atomic E-state index is 12.9. The molecule has 0 aromatic heterocycles. The van der Waals surface area contributed by atoms with Gasteiger partial charge in [0.2, 0.25) is 0 Å². The van der Waals surface area contributed by atoms with E-state index < -0.39 is 42.1 Å². The Morgan fingerprint density at radius 2 is 1.58 bits per heavy atom. The number of nitrogens with one attached hydrogen (secondary N) is 2. The minimum absolute atomic E-state index is 0.114. The highest BCUT2D eigenvalue weighted by Crippen LogP contribution is 2.33. The van der Waals surface area contributed by atoms with Crippen LogP contribution in [0.3, 0.4) is 0 Å². The fourth-order valence-corrected chi connectivity index (χ4v) is 3.76. The lowest BCUT2D eigenvalue weighted by molar-refractivity contribution is -0.152. The van der Waals surface area contributed by atoms with Gasteiger partial charge in [-0.3, -0.25) is 9.59 Å². The van der Waals surface area contributed by atoms with Crippen molar-refractivity contribution in [2.45, 2.75) is 24.5 Å². The topological polar surface area (TPSA) is 120 Å². The predicted octanol–water partition coefficient (Wildman–Crippen LogP) is 2.60. The van der Waals surface area contributed by atoms with Crippen LogP contribution >= 0.6 is 11.8 Å². The van der Waals surface area contributed by atoms with E-state index in [1.165, 1.54) is 32.0 Å². The first kappa shape index (κ1) is 25.8. The van der Waals surface area contributed by atoms with E-state index in [0.717, 1.165) is 14.2 Å². The van der Waals surface area contributed by atoms with Crippen LogP contribution in [-0.2, 0) is 33.4 Å². The van der Waals surface area contributed by atoms with Gasteiger partial charge in [0, 0.05) is 16.3 Å². The monoisotopic (exact) mass is 484 g/mol. The number of amides is 1. The number of anilines is 1. The second-order valence-corrected chi connectivity index (χ2v) is 7.68. The van der Waals surface area contributed by atoms with E-state index >= 15 is 0 Å². The number of methoxy groups -OCH3 is 2. The summed E-state index contributed by atoms with van der Waals surface area (Å²) in [6.45, 7) is 2.22.